The first kappa shape index (κ1) is 87.3. The fourth-order valence-electron chi connectivity index (χ4n) is 12.8. The first-order valence-electron chi connectivity index (χ1n) is 38.3. The molecule has 0 radical (unpaired) electrons. The SMILES string of the molecule is CC(C)n1nc(-c2ccnc(Cl)n2)c2ccccc21.Cc1nn(C(C)C)c2ccccc12.Clc1ccnc(Cl)n1.[Pd].c1ccc(P(c2ccccc2)c2ccccc2)cc1.c1ccc(P(c2ccccc2)c2ccccc2)cc1.c1ccc(P(c2ccccc2)c2ccccc2)cc1.c1ccc(P(c2ccccc2)c2ccccc2)cc1. The number of aromatic nitrogens is 8. The van der Waals surface area contributed by atoms with Crippen LogP contribution in [0.5, 0.6) is 0 Å². The topological polar surface area (TPSA) is 87.2 Å². The van der Waals surface area contributed by atoms with Gasteiger partial charge in [-0.2, -0.15) is 10.2 Å². The van der Waals surface area contributed by atoms with Crippen molar-refractivity contribution in [3.63, 3.8) is 0 Å². The van der Waals surface area contributed by atoms with Gasteiger partial charge in [-0.3, -0.25) is 9.36 Å². The van der Waals surface area contributed by atoms with E-state index in [0.717, 1.165) is 28.0 Å². The molecule has 0 aliphatic heterocycles. The van der Waals surface area contributed by atoms with Crippen molar-refractivity contribution in [3.8, 4) is 11.4 Å². The van der Waals surface area contributed by atoms with Crippen LogP contribution in [0, 0.1) is 6.92 Å². The number of hydrogen-bond acceptors (Lipinski definition) is 6. The van der Waals surface area contributed by atoms with E-state index in [1.54, 1.807) is 12.3 Å². The molecule has 584 valence electrons. The van der Waals surface area contributed by atoms with Gasteiger partial charge < -0.3 is 0 Å². The van der Waals surface area contributed by atoms with Gasteiger partial charge in [0.05, 0.1) is 22.4 Å². The Morgan fingerprint density at radius 2 is 0.462 bits per heavy atom. The Morgan fingerprint density at radius 1 is 0.248 bits per heavy atom. The minimum atomic E-state index is -0.446. The molecule has 16 heteroatoms. The summed E-state index contributed by atoms with van der Waals surface area (Å²) in [7, 11) is -1.78. The maximum absolute atomic E-state index is 5.86. The van der Waals surface area contributed by atoms with E-state index < -0.39 is 31.7 Å². The van der Waals surface area contributed by atoms with Crippen LogP contribution in [0.3, 0.4) is 0 Å². The molecule has 0 saturated carbocycles. The zero-order valence-corrected chi connectivity index (χ0v) is 72.9. The number of aryl methyl sites for hydroxylation is 1. The van der Waals surface area contributed by atoms with Crippen LogP contribution in [0.4, 0.5) is 0 Å². The van der Waals surface area contributed by atoms with Gasteiger partial charge in [-0.25, -0.2) is 19.9 Å². The summed E-state index contributed by atoms with van der Waals surface area (Å²) in [6, 6.07) is 150. The van der Waals surface area contributed by atoms with Crippen LogP contribution in [0.2, 0.25) is 15.7 Å². The molecule has 8 nitrogen and oxygen atoms in total. The fourth-order valence-corrected chi connectivity index (χ4v) is 22.5. The molecule has 0 bridgehead atoms. The molecule has 0 amide bonds. The van der Waals surface area contributed by atoms with Gasteiger partial charge in [0, 0.05) is 55.7 Å². The summed E-state index contributed by atoms with van der Waals surface area (Å²) in [5.41, 5.74) is 5.03. The largest absolute Gasteiger partial charge is 0.262 e. The van der Waals surface area contributed by atoms with E-state index in [0.29, 0.717) is 11.2 Å². The van der Waals surface area contributed by atoms with Crippen molar-refractivity contribution in [1.29, 1.82) is 0 Å². The predicted molar refractivity (Wildman–Crippen MR) is 504 cm³/mol. The third kappa shape index (κ3) is 25.2. The Balaban J connectivity index is 0.000000135. The Hall–Kier alpha value is -10.6. The second-order valence-corrected chi connectivity index (χ2v) is 36.7. The molecule has 0 fully saturated rings. The normalized spacial score (nSPS) is 10.6. The average Bonchev–Trinajstić information content (AvgIpc) is 1.64. The monoisotopic (exact) mass is 1750 g/mol. The minimum Gasteiger partial charge on any atom is -0.262 e. The number of fused-ring (bicyclic) bond motifs is 2. The van der Waals surface area contributed by atoms with E-state index in [1.807, 2.05) is 28.9 Å². The minimum absolute atomic E-state index is 0. The molecule has 0 N–H and O–H groups in total. The summed E-state index contributed by atoms with van der Waals surface area (Å²) < 4.78 is 4.07. The molecule has 14 aromatic carbocycles. The second-order valence-electron chi connectivity index (χ2n) is 26.8. The Labute approximate surface area is 722 Å². The van der Waals surface area contributed by atoms with Crippen LogP contribution in [-0.2, 0) is 20.4 Å². The number of benzene rings is 14. The summed E-state index contributed by atoms with van der Waals surface area (Å²) >= 11 is 16.6. The first-order valence-corrected chi connectivity index (χ1v) is 44.8. The van der Waals surface area contributed by atoms with Crippen LogP contribution in [0.25, 0.3) is 33.2 Å². The Bertz CT molecular complexity index is 4990. The first-order chi connectivity index (χ1) is 56.9. The maximum atomic E-state index is 5.86. The van der Waals surface area contributed by atoms with Gasteiger partial charge >= 0.3 is 0 Å². The van der Waals surface area contributed by atoms with Crippen LogP contribution in [-0.4, -0.2) is 39.5 Å². The van der Waals surface area contributed by atoms with Gasteiger partial charge in [0.25, 0.3) is 0 Å². The average molecular weight is 1750 g/mol. The summed E-state index contributed by atoms with van der Waals surface area (Å²) in [5, 5.41) is 29.1. The fraction of sp³-hybridized carbons (Fsp3) is 0.0693. The molecule has 18 aromatic rings. The summed E-state index contributed by atoms with van der Waals surface area (Å²) in [6.07, 6.45) is 3.14. The van der Waals surface area contributed by atoms with Crippen molar-refractivity contribution in [2.75, 3.05) is 0 Å². The van der Waals surface area contributed by atoms with Gasteiger partial charge in [-0.15, -0.1) is 0 Å². The van der Waals surface area contributed by atoms with Crippen LogP contribution < -0.4 is 63.7 Å². The molecule has 4 aromatic heterocycles. The zero-order chi connectivity index (χ0) is 80.5. The molecule has 0 atom stereocenters. The third-order valence-corrected chi connectivity index (χ3v) is 28.4. The van der Waals surface area contributed by atoms with Crippen molar-refractivity contribution in [1.82, 2.24) is 39.5 Å². The van der Waals surface area contributed by atoms with Crippen LogP contribution in [0.1, 0.15) is 45.5 Å². The van der Waals surface area contributed by atoms with Crippen molar-refractivity contribution in [3.05, 3.63) is 458 Å². The molecule has 0 saturated heterocycles. The molecule has 18 rings (SSSR count). The van der Waals surface area contributed by atoms with Crippen LogP contribution in [0.15, 0.2) is 437 Å². The zero-order valence-electron chi connectivity index (χ0n) is 65.5. The van der Waals surface area contributed by atoms with Crippen molar-refractivity contribution < 1.29 is 20.4 Å². The number of rotatable bonds is 15. The molecule has 0 aliphatic carbocycles. The van der Waals surface area contributed by atoms with E-state index in [-0.39, 0.29) is 37.0 Å². The molecule has 0 spiro atoms. The molecular weight excluding hydrogens is 1660 g/mol. The maximum Gasteiger partial charge on any atom is 0.223 e. The number of nitrogens with zero attached hydrogens (tertiary/aromatic N) is 8. The molecule has 117 heavy (non-hydrogen) atoms. The van der Waals surface area contributed by atoms with Gasteiger partial charge in [0.2, 0.25) is 10.6 Å². The van der Waals surface area contributed by atoms with Crippen LogP contribution >= 0.6 is 66.5 Å². The van der Waals surface area contributed by atoms with E-state index in [9.17, 15) is 0 Å². The standard InChI is InChI=1S/4C18H15P.C14H13ClN4.C11H14N2.C4H2Cl2N2.Pd/c4*1-4-10-16(11-5-1)19(17-12-6-2-7-13-17)18-14-8-3-9-15-18;1-9(2)19-12-6-4-3-5-10(12)13(18-19)11-7-8-16-14(15)17-11;1-8(2)13-11-7-5-4-6-10(11)9(3)12-13;5-3-1-2-7-4(6)8-3;/h4*1-15H;3-9H,1-2H3;4-8H,1-3H3;1-2H;. The Morgan fingerprint density at radius 3 is 0.692 bits per heavy atom. The predicted octanol–water partition coefficient (Wildman–Crippen LogP) is 22.2. The number of halogens is 3. The molecule has 4 heterocycles. The van der Waals surface area contributed by atoms with E-state index >= 15 is 0 Å². The number of para-hydroxylation sites is 2. The smallest absolute Gasteiger partial charge is 0.223 e. The second kappa shape index (κ2) is 46.4. The van der Waals surface area contributed by atoms with Crippen molar-refractivity contribution in [2.24, 2.45) is 0 Å². The van der Waals surface area contributed by atoms with Gasteiger partial charge in [-0.1, -0.05) is 412 Å². The third-order valence-electron chi connectivity index (χ3n) is 18.0. The molecule has 0 unspecified atom stereocenters. The summed E-state index contributed by atoms with van der Waals surface area (Å²) in [6.45, 7) is 10.6. The molecular formula is C101H89Cl3N8P4Pd. The van der Waals surface area contributed by atoms with E-state index in [2.05, 4.69) is 464 Å². The Kier molecular flexibility index (Phi) is 34.6. The number of hydrogen-bond donors (Lipinski definition) is 0. The van der Waals surface area contributed by atoms with Gasteiger partial charge in [0.15, 0.2) is 0 Å². The van der Waals surface area contributed by atoms with E-state index in [4.69, 9.17) is 34.8 Å². The van der Waals surface area contributed by atoms with Gasteiger partial charge in [0.1, 0.15) is 10.8 Å². The molecule has 0 aliphatic rings. The van der Waals surface area contributed by atoms with E-state index in [1.165, 1.54) is 80.8 Å². The summed E-state index contributed by atoms with van der Waals surface area (Å²) in [4.78, 5) is 15.4. The van der Waals surface area contributed by atoms with Gasteiger partial charge in [-0.05, 0) is 177 Å². The summed E-state index contributed by atoms with van der Waals surface area (Å²) in [5.74, 6) is 0. The quantitative estimate of drug-likeness (QED) is 0.0440. The van der Waals surface area contributed by atoms with Crippen molar-refractivity contribution in [2.45, 2.75) is 46.7 Å². The van der Waals surface area contributed by atoms with Crippen molar-refractivity contribution >= 4 is 152 Å².